The summed E-state index contributed by atoms with van der Waals surface area (Å²) in [7, 11) is 0. The Balaban J connectivity index is 2.18. The van der Waals surface area contributed by atoms with Gasteiger partial charge < -0.3 is 16.8 Å². The summed E-state index contributed by atoms with van der Waals surface area (Å²) in [5.74, 6) is -0.214. The van der Waals surface area contributed by atoms with Crippen molar-refractivity contribution in [1.82, 2.24) is 4.98 Å². The summed E-state index contributed by atoms with van der Waals surface area (Å²) >= 11 is 0. The Labute approximate surface area is 111 Å². The van der Waals surface area contributed by atoms with Crippen molar-refractivity contribution in [3.8, 4) is 0 Å². The average molecular weight is 256 g/mol. The fourth-order valence-electron chi connectivity index (χ4n) is 1.77. The van der Waals surface area contributed by atoms with Crippen molar-refractivity contribution >= 4 is 17.3 Å². The zero-order valence-electron chi connectivity index (χ0n) is 10.6. The van der Waals surface area contributed by atoms with Gasteiger partial charge >= 0.3 is 0 Å². The van der Waals surface area contributed by atoms with Gasteiger partial charge in [-0.1, -0.05) is 6.07 Å². The van der Waals surface area contributed by atoms with Gasteiger partial charge in [0.15, 0.2) is 0 Å². The molecule has 0 spiro atoms. The molecule has 5 N–H and O–H groups in total. The smallest absolute Gasteiger partial charge is 0.255 e. The highest BCUT2D eigenvalue weighted by Gasteiger charge is 2.10. The molecule has 0 saturated heterocycles. The predicted molar refractivity (Wildman–Crippen MR) is 75.6 cm³/mol. The first kappa shape index (κ1) is 13.0. The number of nitrogens with zero attached hydrogens (tertiary/aromatic N) is 1. The molecular weight excluding hydrogens is 240 g/mol. The van der Waals surface area contributed by atoms with Crippen LogP contribution in [0.1, 0.15) is 28.9 Å². The Morgan fingerprint density at radius 2 is 1.95 bits per heavy atom. The van der Waals surface area contributed by atoms with Crippen LogP contribution >= 0.6 is 0 Å². The van der Waals surface area contributed by atoms with E-state index in [-0.39, 0.29) is 11.9 Å². The lowest BCUT2D eigenvalue weighted by molar-refractivity contribution is 0.102. The number of carbonyl (C=O) groups excluding carboxylic acids is 1. The first-order valence-corrected chi connectivity index (χ1v) is 5.94. The summed E-state index contributed by atoms with van der Waals surface area (Å²) < 4.78 is 0. The maximum absolute atomic E-state index is 12.0. The summed E-state index contributed by atoms with van der Waals surface area (Å²) in [4.78, 5) is 15.9. The molecule has 1 unspecified atom stereocenters. The van der Waals surface area contributed by atoms with Crippen LogP contribution in [0.4, 0.5) is 11.4 Å². The van der Waals surface area contributed by atoms with E-state index in [2.05, 4.69) is 10.3 Å². The topological polar surface area (TPSA) is 94.0 Å². The lowest BCUT2D eigenvalue weighted by Gasteiger charge is -2.11. The van der Waals surface area contributed by atoms with Gasteiger partial charge in [0.05, 0.1) is 0 Å². The second-order valence-corrected chi connectivity index (χ2v) is 4.32. The largest absolute Gasteiger partial charge is 0.398 e. The first-order valence-electron chi connectivity index (χ1n) is 5.94. The molecule has 0 radical (unpaired) electrons. The lowest BCUT2D eigenvalue weighted by atomic mass is 10.0. The summed E-state index contributed by atoms with van der Waals surface area (Å²) in [6, 6.07) is 8.41. The zero-order chi connectivity index (χ0) is 13.8. The van der Waals surface area contributed by atoms with E-state index in [0.717, 1.165) is 5.56 Å². The van der Waals surface area contributed by atoms with Gasteiger partial charge in [-0.05, 0) is 36.8 Å². The van der Waals surface area contributed by atoms with Crippen LogP contribution in [0.25, 0.3) is 0 Å². The zero-order valence-corrected chi connectivity index (χ0v) is 10.6. The van der Waals surface area contributed by atoms with Crippen LogP contribution in [-0.2, 0) is 0 Å². The molecule has 1 heterocycles. The molecule has 0 fully saturated rings. The van der Waals surface area contributed by atoms with Gasteiger partial charge in [0.2, 0.25) is 0 Å². The molecule has 0 aliphatic rings. The van der Waals surface area contributed by atoms with Crippen molar-refractivity contribution in [2.45, 2.75) is 13.0 Å². The van der Waals surface area contributed by atoms with Crippen LogP contribution < -0.4 is 16.8 Å². The van der Waals surface area contributed by atoms with E-state index in [4.69, 9.17) is 11.5 Å². The molecule has 1 aromatic heterocycles. The molecule has 0 aliphatic carbocycles. The quantitative estimate of drug-likeness (QED) is 0.731. The van der Waals surface area contributed by atoms with Crippen molar-refractivity contribution in [2.75, 3.05) is 11.1 Å². The standard InChI is InChI=1S/C14H16N4O/c1-9(15)12-3-2-10(8-13(12)16)14(19)18-11-4-6-17-7-5-11/h2-9H,15-16H2,1H3,(H,17,18,19). The monoisotopic (exact) mass is 256 g/mol. The molecule has 98 valence electrons. The number of rotatable bonds is 3. The van der Waals surface area contributed by atoms with E-state index in [0.29, 0.717) is 16.9 Å². The van der Waals surface area contributed by atoms with E-state index < -0.39 is 0 Å². The van der Waals surface area contributed by atoms with Crippen molar-refractivity contribution in [2.24, 2.45) is 5.73 Å². The normalized spacial score (nSPS) is 11.9. The number of nitrogens with one attached hydrogen (secondary N) is 1. The average Bonchev–Trinajstić information content (AvgIpc) is 2.39. The van der Waals surface area contributed by atoms with Crippen LogP contribution in [0, 0.1) is 0 Å². The van der Waals surface area contributed by atoms with Crippen LogP contribution in [0.2, 0.25) is 0 Å². The van der Waals surface area contributed by atoms with Crippen LogP contribution in [0.3, 0.4) is 0 Å². The number of carbonyl (C=O) groups is 1. The van der Waals surface area contributed by atoms with Crippen LogP contribution in [0.15, 0.2) is 42.7 Å². The number of amides is 1. The molecule has 1 atom stereocenters. The molecule has 0 saturated carbocycles. The Morgan fingerprint density at radius 1 is 1.26 bits per heavy atom. The second-order valence-electron chi connectivity index (χ2n) is 4.32. The second kappa shape index (κ2) is 5.49. The van der Waals surface area contributed by atoms with E-state index in [1.165, 1.54) is 0 Å². The number of aromatic nitrogens is 1. The number of anilines is 2. The van der Waals surface area contributed by atoms with E-state index in [9.17, 15) is 4.79 Å². The van der Waals surface area contributed by atoms with Crippen molar-refractivity contribution in [1.29, 1.82) is 0 Å². The Bertz CT molecular complexity index is 581. The summed E-state index contributed by atoms with van der Waals surface area (Å²) in [5.41, 5.74) is 14.2. The van der Waals surface area contributed by atoms with Gasteiger partial charge in [-0.25, -0.2) is 0 Å². The van der Waals surface area contributed by atoms with Crippen LogP contribution in [0.5, 0.6) is 0 Å². The molecule has 19 heavy (non-hydrogen) atoms. The highest BCUT2D eigenvalue weighted by Crippen LogP contribution is 2.20. The van der Waals surface area contributed by atoms with Gasteiger partial charge in [0.1, 0.15) is 0 Å². The third-order valence-corrected chi connectivity index (χ3v) is 2.78. The highest BCUT2D eigenvalue weighted by molar-refractivity contribution is 6.04. The lowest BCUT2D eigenvalue weighted by Crippen LogP contribution is -2.14. The Hall–Kier alpha value is -2.40. The molecule has 5 heteroatoms. The number of hydrogen-bond acceptors (Lipinski definition) is 4. The fraction of sp³-hybridized carbons (Fsp3) is 0.143. The molecule has 0 aliphatic heterocycles. The van der Waals surface area contributed by atoms with Gasteiger partial charge in [-0.15, -0.1) is 0 Å². The molecule has 0 bridgehead atoms. The molecular formula is C14H16N4O. The van der Waals surface area contributed by atoms with E-state index in [1.54, 1.807) is 42.7 Å². The van der Waals surface area contributed by atoms with Gasteiger partial charge in [-0.2, -0.15) is 0 Å². The van der Waals surface area contributed by atoms with Crippen LogP contribution in [-0.4, -0.2) is 10.9 Å². The fourth-order valence-corrected chi connectivity index (χ4v) is 1.77. The van der Waals surface area contributed by atoms with Gasteiger partial charge in [0, 0.05) is 35.4 Å². The molecule has 1 aromatic carbocycles. The summed E-state index contributed by atoms with van der Waals surface area (Å²) in [6.07, 6.45) is 3.23. The minimum atomic E-state index is -0.214. The molecule has 2 rings (SSSR count). The number of hydrogen-bond donors (Lipinski definition) is 3. The van der Waals surface area contributed by atoms with Crippen molar-refractivity contribution in [3.63, 3.8) is 0 Å². The van der Waals surface area contributed by atoms with Crippen molar-refractivity contribution < 1.29 is 4.79 Å². The number of nitrogens with two attached hydrogens (primary N) is 2. The first-order chi connectivity index (χ1) is 9.08. The number of benzene rings is 1. The maximum Gasteiger partial charge on any atom is 0.255 e. The SMILES string of the molecule is CC(N)c1ccc(C(=O)Nc2ccncc2)cc1N. The highest BCUT2D eigenvalue weighted by atomic mass is 16.1. The number of nitrogen functional groups attached to an aromatic ring is 1. The van der Waals surface area contributed by atoms with E-state index in [1.807, 2.05) is 6.92 Å². The predicted octanol–water partition coefficient (Wildman–Crippen LogP) is 1.94. The summed E-state index contributed by atoms with van der Waals surface area (Å²) in [6.45, 7) is 1.85. The van der Waals surface area contributed by atoms with Gasteiger partial charge in [-0.3, -0.25) is 9.78 Å². The maximum atomic E-state index is 12.0. The number of pyridine rings is 1. The third-order valence-electron chi connectivity index (χ3n) is 2.78. The Kier molecular flexibility index (Phi) is 3.77. The third kappa shape index (κ3) is 3.08. The van der Waals surface area contributed by atoms with E-state index >= 15 is 0 Å². The molecule has 2 aromatic rings. The minimum Gasteiger partial charge on any atom is -0.398 e. The molecule has 1 amide bonds. The summed E-state index contributed by atoms with van der Waals surface area (Å²) in [5, 5.41) is 2.77. The minimum absolute atomic E-state index is 0.155. The van der Waals surface area contributed by atoms with Gasteiger partial charge in [0.25, 0.3) is 5.91 Å². The van der Waals surface area contributed by atoms with Crippen molar-refractivity contribution in [3.05, 3.63) is 53.9 Å². The molecule has 5 nitrogen and oxygen atoms in total. The Morgan fingerprint density at radius 3 is 2.53 bits per heavy atom.